The molecule has 2 N–H and O–H groups in total. The van der Waals surface area contributed by atoms with Gasteiger partial charge in [0.05, 0.1) is 16.8 Å². The zero-order valence-electron chi connectivity index (χ0n) is 10.5. The van der Waals surface area contributed by atoms with Gasteiger partial charge < -0.3 is 10.1 Å². The van der Waals surface area contributed by atoms with E-state index in [1.165, 1.54) is 24.5 Å². The lowest BCUT2D eigenvalue weighted by Gasteiger charge is -2.29. The number of hydrazone groups is 1. The van der Waals surface area contributed by atoms with E-state index in [1.807, 2.05) is 0 Å². The van der Waals surface area contributed by atoms with E-state index in [4.69, 9.17) is 4.74 Å². The van der Waals surface area contributed by atoms with Crippen LogP contribution in [0.15, 0.2) is 28.2 Å². The molecule has 0 fully saturated rings. The standard InChI is InChI=1S/C11H14N4O3S/c1-15(2)19(16,17)7-3-4-8-9(5-7)18-10-6-12-14-11(10)13-8/h3-6,10-11,13-14H,1-2H3/t10-,11-/m0/s1. The van der Waals surface area contributed by atoms with Gasteiger partial charge in [0.25, 0.3) is 0 Å². The van der Waals surface area contributed by atoms with Crippen molar-refractivity contribution in [2.45, 2.75) is 17.2 Å². The molecule has 2 aliphatic rings. The number of ether oxygens (including phenoxy) is 1. The van der Waals surface area contributed by atoms with Gasteiger partial charge in [-0.25, -0.2) is 12.7 Å². The van der Waals surface area contributed by atoms with E-state index in [1.54, 1.807) is 18.3 Å². The molecule has 0 aromatic heterocycles. The van der Waals surface area contributed by atoms with Gasteiger partial charge in [0.1, 0.15) is 5.75 Å². The number of fused-ring (bicyclic) bond motifs is 2. The second-order valence-electron chi connectivity index (χ2n) is 4.56. The highest BCUT2D eigenvalue weighted by atomic mass is 32.2. The zero-order chi connectivity index (χ0) is 13.6. The molecular weight excluding hydrogens is 268 g/mol. The Balaban J connectivity index is 1.99. The molecule has 0 saturated carbocycles. The average Bonchev–Trinajstić information content (AvgIpc) is 2.82. The van der Waals surface area contributed by atoms with Gasteiger partial charge in [0.15, 0.2) is 12.3 Å². The number of rotatable bonds is 2. The number of anilines is 1. The van der Waals surface area contributed by atoms with Crippen LogP contribution in [0.5, 0.6) is 5.75 Å². The van der Waals surface area contributed by atoms with Crippen LogP contribution in [-0.2, 0) is 10.0 Å². The highest BCUT2D eigenvalue weighted by molar-refractivity contribution is 7.89. The summed E-state index contributed by atoms with van der Waals surface area (Å²) in [7, 11) is -0.461. The minimum atomic E-state index is -3.46. The molecule has 0 saturated heterocycles. The number of hydrogen-bond donors (Lipinski definition) is 2. The molecule has 0 spiro atoms. The number of nitrogens with one attached hydrogen (secondary N) is 2. The van der Waals surface area contributed by atoms with Gasteiger partial charge >= 0.3 is 0 Å². The molecule has 0 radical (unpaired) electrons. The molecular formula is C11H14N4O3S. The molecule has 2 aliphatic heterocycles. The normalized spacial score (nSPS) is 24.2. The molecule has 8 heteroatoms. The monoisotopic (exact) mass is 282 g/mol. The van der Waals surface area contributed by atoms with Crippen molar-refractivity contribution in [3.63, 3.8) is 0 Å². The zero-order valence-corrected chi connectivity index (χ0v) is 11.3. The van der Waals surface area contributed by atoms with Gasteiger partial charge in [0.2, 0.25) is 10.0 Å². The van der Waals surface area contributed by atoms with Gasteiger partial charge in [-0.1, -0.05) is 0 Å². The van der Waals surface area contributed by atoms with Crippen LogP contribution in [0.25, 0.3) is 0 Å². The lowest BCUT2D eigenvalue weighted by molar-refractivity contribution is 0.232. The first-order valence-electron chi connectivity index (χ1n) is 5.77. The first kappa shape index (κ1) is 12.2. The Labute approximate surface area is 111 Å². The van der Waals surface area contributed by atoms with Crippen LogP contribution in [0.2, 0.25) is 0 Å². The van der Waals surface area contributed by atoms with Gasteiger partial charge in [-0.15, -0.1) is 0 Å². The molecule has 1 aromatic rings. The van der Waals surface area contributed by atoms with Crippen LogP contribution in [0.1, 0.15) is 0 Å². The third-order valence-electron chi connectivity index (χ3n) is 3.07. The molecule has 0 unspecified atom stereocenters. The summed E-state index contributed by atoms with van der Waals surface area (Å²) in [4.78, 5) is 0.208. The van der Waals surface area contributed by atoms with Crippen LogP contribution in [0, 0.1) is 0 Å². The lowest BCUT2D eigenvalue weighted by atomic mass is 10.2. The fourth-order valence-electron chi connectivity index (χ4n) is 1.97. The maximum absolute atomic E-state index is 12.1. The van der Waals surface area contributed by atoms with Crippen molar-refractivity contribution in [1.29, 1.82) is 0 Å². The van der Waals surface area contributed by atoms with Crippen LogP contribution in [-0.4, -0.2) is 45.3 Å². The predicted octanol–water partition coefficient (Wildman–Crippen LogP) is 0.0249. The Morgan fingerprint density at radius 2 is 2.16 bits per heavy atom. The van der Waals surface area contributed by atoms with Crippen molar-refractivity contribution in [2.75, 3.05) is 19.4 Å². The molecule has 1 aromatic carbocycles. The Kier molecular flexibility index (Phi) is 2.64. The third kappa shape index (κ3) is 1.92. The maximum Gasteiger partial charge on any atom is 0.242 e. The molecule has 7 nitrogen and oxygen atoms in total. The van der Waals surface area contributed by atoms with Crippen molar-refractivity contribution in [1.82, 2.24) is 9.73 Å². The van der Waals surface area contributed by atoms with Crippen molar-refractivity contribution < 1.29 is 13.2 Å². The molecule has 2 heterocycles. The summed E-state index contributed by atoms with van der Waals surface area (Å²) in [6, 6.07) is 4.78. The Morgan fingerprint density at radius 1 is 1.37 bits per heavy atom. The second kappa shape index (κ2) is 4.10. The second-order valence-corrected chi connectivity index (χ2v) is 6.71. The SMILES string of the molecule is CN(C)S(=O)(=O)c1ccc2c(c1)O[C@H]1C=NN[C@@H]1N2. The summed E-state index contributed by atoms with van der Waals surface area (Å²) in [6.07, 6.45) is 1.31. The highest BCUT2D eigenvalue weighted by Crippen LogP contribution is 2.34. The topological polar surface area (TPSA) is 83.0 Å². The first-order chi connectivity index (χ1) is 8.98. The number of hydrogen-bond acceptors (Lipinski definition) is 6. The Morgan fingerprint density at radius 3 is 2.89 bits per heavy atom. The largest absolute Gasteiger partial charge is 0.478 e. The van der Waals surface area contributed by atoms with Crippen molar-refractivity contribution >= 4 is 21.9 Å². The maximum atomic E-state index is 12.1. The third-order valence-corrected chi connectivity index (χ3v) is 4.88. The van der Waals surface area contributed by atoms with E-state index in [0.29, 0.717) is 5.75 Å². The first-order valence-corrected chi connectivity index (χ1v) is 7.21. The van der Waals surface area contributed by atoms with E-state index in [9.17, 15) is 8.42 Å². The van der Waals surface area contributed by atoms with E-state index in [-0.39, 0.29) is 17.2 Å². The van der Waals surface area contributed by atoms with Crippen LogP contribution >= 0.6 is 0 Å². The van der Waals surface area contributed by atoms with Crippen molar-refractivity contribution in [3.8, 4) is 5.75 Å². The summed E-state index contributed by atoms with van der Waals surface area (Å²) in [6.45, 7) is 0. The van der Waals surface area contributed by atoms with Crippen molar-refractivity contribution in [2.24, 2.45) is 5.10 Å². The van der Waals surface area contributed by atoms with Gasteiger partial charge in [0, 0.05) is 20.2 Å². The molecule has 19 heavy (non-hydrogen) atoms. The summed E-state index contributed by atoms with van der Waals surface area (Å²) in [5.74, 6) is 0.513. The predicted molar refractivity (Wildman–Crippen MR) is 70.8 cm³/mol. The molecule has 2 atom stereocenters. The number of benzene rings is 1. The van der Waals surface area contributed by atoms with Crippen LogP contribution in [0.3, 0.4) is 0 Å². The van der Waals surface area contributed by atoms with Gasteiger partial charge in [-0.2, -0.15) is 5.10 Å². The van der Waals surface area contributed by atoms with E-state index in [2.05, 4.69) is 15.8 Å². The minimum Gasteiger partial charge on any atom is -0.478 e. The van der Waals surface area contributed by atoms with Gasteiger partial charge in [-0.05, 0) is 12.1 Å². The van der Waals surface area contributed by atoms with E-state index < -0.39 is 10.0 Å². The molecule has 0 bridgehead atoms. The molecule has 3 rings (SSSR count). The summed E-state index contributed by atoms with van der Waals surface area (Å²) in [5, 5.41) is 7.12. The number of sulfonamides is 1. The Bertz CT molecular complexity index is 641. The molecule has 102 valence electrons. The summed E-state index contributed by atoms with van der Waals surface area (Å²) in [5.41, 5.74) is 3.62. The van der Waals surface area contributed by atoms with Gasteiger partial charge in [-0.3, -0.25) is 5.43 Å². The highest BCUT2D eigenvalue weighted by Gasteiger charge is 2.32. The average molecular weight is 282 g/mol. The minimum absolute atomic E-state index is 0.108. The van der Waals surface area contributed by atoms with Crippen LogP contribution in [0.4, 0.5) is 5.69 Å². The molecule has 0 aliphatic carbocycles. The van der Waals surface area contributed by atoms with Crippen LogP contribution < -0.4 is 15.5 Å². The lowest BCUT2D eigenvalue weighted by Crippen LogP contribution is -2.45. The number of nitrogens with zero attached hydrogens (tertiary/aromatic N) is 2. The van der Waals surface area contributed by atoms with E-state index in [0.717, 1.165) is 5.69 Å². The quantitative estimate of drug-likeness (QED) is 0.799. The summed E-state index contributed by atoms with van der Waals surface area (Å²) < 4.78 is 31.0. The van der Waals surface area contributed by atoms with E-state index >= 15 is 0 Å². The molecule has 0 amide bonds. The Hall–Kier alpha value is -1.80. The van der Waals surface area contributed by atoms with Crippen molar-refractivity contribution in [3.05, 3.63) is 18.2 Å². The fourth-order valence-corrected chi connectivity index (χ4v) is 2.89. The fraction of sp³-hybridized carbons (Fsp3) is 0.364. The smallest absolute Gasteiger partial charge is 0.242 e. The summed E-state index contributed by atoms with van der Waals surface area (Å²) >= 11 is 0.